The summed E-state index contributed by atoms with van der Waals surface area (Å²) in [7, 11) is 0. The first-order valence-corrected chi connectivity index (χ1v) is 4.19. The van der Waals surface area contributed by atoms with Crippen LogP contribution in [0.15, 0.2) is 0 Å². The lowest BCUT2D eigenvalue weighted by atomic mass is 10.2. The average Bonchev–Trinajstić information content (AvgIpc) is 2.11. The molecule has 0 bridgehead atoms. The third-order valence-corrected chi connectivity index (χ3v) is 1.28. The summed E-state index contributed by atoms with van der Waals surface area (Å²) in [4.78, 5) is 34.8. The predicted octanol–water partition coefficient (Wildman–Crippen LogP) is -0.120. The maximum Gasteiger partial charge on any atom is 0.417 e. The maximum atomic E-state index is 11.8. The van der Waals surface area contributed by atoms with Gasteiger partial charge in [0, 0.05) is 0 Å². The Morgan fingerprint density at radius 2 is 2.13 bits per heavy atom. The van der Waals surface area contributed by atoms with Gasteiger partial charge in [-0.05, 0) is 20.8 Å². The van der Waals surface area contributed by atoms with Crippen LogP contribution in [-0.4, -0.2) is 41.4 Å². The number of nitrogens with zero attached hydrogens (tertiary/aromatic N) is 1. The third-order valence-electron chi connectivity index (χ3n) is 1.28. The highest BCUT2D eigenvalue weighted by Gasteiger charge is 2.31. The van der Waals surface area contributed by atoms with E-state index in [9.17, 15) is 14.4 Å². The standard InChI is InChI=1S/C9H14N2O4/c1-9(2,3)15-8(14)11-5-6(12)10-4-7(11)13/h4-5H2,1-3H3,(H,10,12)/i4D2,5D2. The van der Waals surface area contributed by atoms with Gasteiger partial charge in [0.2, 0.25) is 5.91 Å². The minimum Gasteiger partial charge on any atom is -0.443 e. The fraction of sp³-hybridized carbons (Fsp3) is 0.667. The van der Waals surface area contributed by atoms with Gasteiger partial charge in [0.15, 0.2) is 0 Å². The van der Waals surface area contributed by atoms with E-state index in [4.69, 9.17) is 10.2 Å². The van der Waals surface area contributed by atoms with Crippen LogP contribution in [-0.2, 0) is 14.3 Å². The summed E-state index contributed by atoms with van der Waals surface area (Å²) in [5.74, 6) is -2.95. The fourth-order valence-corrected chi connectivity index (χ4v) is 0.783. The number of hydrogen-bond donors (Lipinski definition) is 1. The van der Waals surface area contributed by atoms with Crippen molar-refractivity contribution in [3.8, 4) is 0 Å². The molecule has 6 nitrogen and oxygen atoms in total. The lowest BCUT2D eigenvalue weighted by molar-refractivity contribution is -0.139. The van der Waals surface area contributed by atoms with Gasteiger partial charge in [0.05, 0.1) is 12.0 Å². The van der Waals surface area contributed by atoms with Gasteiger partial charge >= 0.3 is 6.09 Å². The van der Waals surface area contributed by atoms with Crippen molar-refractivity contribution in [2.45, 2.75) is 26.4 Å². The van der Waals surface area contributed by atoms with Crippen LogP contribution in [0.4, 0.5) is 4.79 Å². The fourth-order valence-electron chi connectivity index (χ4n) is 0.783. The molecular weight excluding hydrogens is 200 g/mol. The molecule has 1 rings (SSSR count). The van der Waals surface area contributed by atoms with Crippen LogP contribution < -0.4 is 5.32 Å². The molecule has 1 fully saturated rings. The Bertz CT molecular complexity index is 444. The molecular formula is C9H14N2O4. The minimum absolute atomic E-state index is 0.142. The predicted molar refractivity (Wildman–Crippen MR) is 51.0 cm³/mol. The maximum absolute atomic E-state index is 11.8. The molecule has 0 atom stereocenters. The highest BCUT2D eigenvalue weighted by Crippen LogP contribution is 2.10. The second kappa shape index (κ2) is 3.88. The Hall–Kier alpha value is -1.59. The summed E-state index contributed by atoms with van der Waals surface area (Å²) >= 11 is 0. The molecule has 0 aliphatic carbocycles. The van der Waals surface area contributed by atoms with Crippen LogP contribution in [0.2, 0.25) is 0 Å². The molecule has 84 valence electrons. The lowest BCUT2D eigenvalue weighted by Crippen LogP contribution is -2.54. The van der Waals surface area contributed by atoms with Crippen LogP contribution in [0.5, 0.6) is 0 Å². The van der Waals surface area contributed by atoms with Crippen molar-refractivity contribution in [2.75, 3.05) is 13.0 Å². The first-order chi connectivity index (χ1) is 8.29. The molecule has 6 heteroatoms. The molecule has 15 heavy (non-hydrogen) atoms. The average molecular weight is 218 g/mol. The number of imide groups is 1. The zero-order valence-corrected chi connectivity index (χ0v) is 8.58. The normalized spacial score (nSPS) is 28.1. The quantitative estimate of drug-likeness (QED) is 0.615. The molecule has 1 aliphatic heterocycles. The Kier molecular flexibility index (Phi) is 1.76. The smallest absolute Gasteiger partial charge is 0.417 e. The SMILES string of the molecule is [2H]C1([2H])NC(=O)C([2H])([2H])N(C(=O)OC(C)(C)C)C1=O. The van der Waals surface area contributed by atoms with Crippen LogP contribution in [0, 0.1) is 0 Å². The molecule has 0 aromatic rings. The summed E-state index contributed by atoms with van der Waals surface area (Å²) in [5.41, 5.74) is -1.02. The molecule has 1 saturated heterocycles. The number of carbonyl (C=O) groups excluding carboxylic acids is 3. The monoisotopic (exact) mass is 218 g/mol. The molecule has 0 aromatic heterocycles. The van der Waals surface area contributed by atoms with Crippen molar-refractivity contribution >= 4 is 17.9 Å². The second-order valence-corrected chi connectivity index (χ2v) is 3.81. The molecule has 0 saturated carbocycles. The number of amides is 3. The van der Waals surface area contributed by atoms with Crippen LogP contribution >= 0.6 is 0 Å². The number of hydrogen-bond acceptors (Lipinski definition) is 4. The molecule has 0 radical (unpaired) electrons. The van der Waals surface area contributed by atoms with Gasteiger partial charge in [0.25, 0.3) is 5.91 Å². The minimum atomic E-state index is -3.01. The molecule has 1 heterocycles. The van der Waals surface area contributed by atoms with Gasteiger partial charge in [-0.15, -0.1) is 0 Å². The van der Waals surface area contributed by atoms with Crippen molar-refractivity contribution in [3.05, 3.63) is 0 Å². The van der Waals surface area contributed by atoms with Gasteiger partial charge in [-0.3, -0.25) is 9.59 Å². The molecule has 1 aliphatic rings. The summed E-state index contributed by atoms with van der Waals surface area (Å²) in [6.45, 7) is -1.40. The van der Waals surface area contributed by atoms with E-state index in [1.807, 2.05) is 0 Å². The van der Waals surface area contributed by atoms with Crippen LogP contribution in [0.25, 0.3) is 0 Å². The summed E-state index contributed by atoms with van der Waals surface area (Å²) in [5, 5.41) is 1.56. The number of nitrogens with one attached hydrogen (secondary N) is 1. The first-order valence-electron chi connectivity index (χ1n) is 6.19. The van der Waals surface area contributed by atoms with Crippen LogP contribution in [0.1, 0.15) is 26.3 Å². The molecule has 0 spiro atoms. The number of ether oxygens (including phenoxy) is 1. The molecule has 0 unspecified atom stereocenters. The Labute approximate surface area is 93.2 Å². The number of rotatable bonds is 0. The van der Waals surface area contributed by atoms with Crippen molar-refractivity contribution in [1.29, 1.82) is 0 Å². The molecule has 1 N–H and O–H groups in total. The van der Waals surface area contributed by atoms with Crippen LogP contribution in [0.3, 0.4) is 0 Å². The largest absolute Gasteiger partial charge is 0.443 e. The van der Waals surface area contributed by atoms with Crippen molar-refractivity contribution in [2.24, 2.45) is 0 Å². The highest BCUT2D eigenvalue weighted by molar-refractivity contribution is 6.01. The summed E-state index contributed by atoms with van der Waals surface area (Å²) in [6, 6.07) is 0. The van der Waals surface area contributed by atoms with Gasteiger partial charge in [-0.1, -0.05) is 0 Å². The first kappa shape index (κ1) is 6.81. The van der Waals surface area contributed by atoms with Gasteiger partial charge in [-0.25, -0.2) is 9.69 Å². The number of carbonyl (C=O) groups is 3. The molecule has 3 amide bonds. The van der Waals surface area contributed by atoms with Gasteiger partial charge < -0.3 is 10.1 Å². The third kappa shape index (κ3) is 3.23. The van der Waals surface area contributed by atoms with E-state index < -0.39 is 36.5 Å². The molecule has 0 aromatic carbocycles. The Balaban J connectivity index is 3.16. The Morgan fingerprint density at radius 1 is 1.53 bits per heavy atom. The second-order valence-electron chi connectivity index (χ2n) is 3.81. The van der Waals surface area contributed by atoms with E-state index >= 15 is 0 Å². The zero-order valence-electron chi connectivity index (χ0n) is 12.6. The number of piperazine rings is 1. The Morgan fingerprint density at radius 3 is 2.67 bits per heavy atom. The van der Waals surface area contributed by atoms with Crippen molar-refractivity contribution < 1.29 is 24.6 Å². The van der Waals surface area contributed by atoms with Crippen molar-refractivity contribution in [3.63, 3.8) is 0 Å². The van der Waals surface area contributed by atoms with Gasteiger partial charge in [-0.2, -0.15) is 0 Å². The van der Waals surface area contributed by atoms with E-state index in [1.54, 1.807) is 5.32 Å². The summed E-state index contributed by atoms with van der Waals surface area (Å²) in [6.07, 6.45) is -1.42. The highest BCUT2D eigenvalue weighted by atomic mass is 16.6. The zero-order chi connectivity index (χ0) is 15.2. The summed E-state index contributed by atoms with van der Waals surface area (Å²) < 4.78 is 34.2. The van der Waals surface area contributed by atoms with Gasteiger partial charge in [0.1, 0.15) is 12.1 Å². The van der Waals surface area contributed by atoms with E-state index in [1.165, 1.54) is 20.8 Å². The van der Waals surface area contributed by atoms with E-state index in [0.717, 1.165) is 0 Å². The lowest BCUT2D eigenvalue weighted by Gasteiger charge is -2.28. The van der Waals surface area contributed by atoms with E-state index in [2.05, 4.69) is 0 Å². The van der Waals surface area contributed by atoms with E-state index in [-0.39, 0.29) is 4.90 Å². The van der Waals surface area contributed by atoms with E-state index in [0.29, 0.717) is 0 Å². The topological polar surface area (TPSA) is 75.7 Å². The van der Waals surface area contributed by atoms with Crippen molar-refractivity contribution in [1.82, 2.24) is 10.2 Å².